The zero-order valence-corrected chi connectivity index (χ0v) is 16.7. The van der Waals surface area contributed by atoms with Crippen molar-refractivity contribution in [1.82, 2.24) is 4.98 Å². The van der Waals surface area contributed by atoms with Gasteiger partial charge in [0, 0.05) is 29.2 Å². The number of carbonyl (C=O) groups excluding carboxylic acids is 1. The zero-order chi connectivity index (χ0) is 19.4. The third-order valence-electron chi connectivity index (χ3n) is 4.04. The molecule has 5 nitrogen and oxygen atoms in total. The Morgan fingerprint density at radius 1 is 1.15 bits per heavy atom. The van der Waals surface area contributed by atoms with E-state index in [2.05, 4.69) is 29.7 Å². The van der Waals surface area contributed by atoms with Crippen LogP contribution in [-0.2, 0) is 4.79 Å². The summed E-state index contributed by atoms with van der Waals surface area (Å²) in [6, 6.07) is 11.8. The second kappa shape index (κ2) is 8.22. The molecule has 0 bridgehead atoms. The number of hydrogen-bond acceptors (Lipinski definition) is 5. The number of aromatic nitrogens is 1. The van der Waals surface area contributed by atoms with Gasteiger partial charge in [-0.2, -0.15) is 0 Å². The molecule has 0 aliphatic rings. The summed E-state index contributed by atoms with van der Waals surface area (Å²) in [6.07, 6.45) is 0. The quantitative estimate of drug-likeness (QED) is 0.589. The van der Waals surface area contributed by atoms with Gasteiger partial charge in [0.1, 0.15) is 5.75 Å². The van der Waals surface area contributed by atoms with Crippen LogP contribution in [0.2, 0.25) is 0 Å². The number of anilines is 3. The summed E-state index contributed by atoms with van der Waals surface area (Å²) in [5.74, 6) is 0.826. The van der Waals surface area contributed by atoms with Crippen LogP contribution in [0.15, 0.2) is 41.8 Å². The number of benzene rings is 2. The van der Waals surface area contributed by atoms with Crippen molar-refractivity contribution in [3.8, 4) is 17.0 Å². The Hall–Kier alpha value is -2.86. The molecule has 0 aliphatic carbocycles. The number of hydrogen-bond donors (Lipinski definition) is 2. The number of carbonyl (C=O) groups is 1. The molecule has 0 fully saturated rings. The molecule has 0 saturated heterocycles. The van der Waals surface area contributed by atoms with Gasteiger partial charge in [-0.15, -0.1) is 11.3 Å². The molecule has 2 aromatic carbocycles. The fourth-order valence-electron chi connectivity index (χ4n) is 2.83. The molecule has 0 atom stereocenters. The monoisotopic (exact) mass is 381 g/mol. The lowest BCUT2D eigenvalue weighted by Gasteiger charge is -2.11. The predicted molar refractivity (Wildman–Crippen MR) is 112 cm³/mol. The highest BCUT2D eigenvalue weighted by atomic mass is 32.1. The summed E-state index contributed by atoms with van der Waals surface area (Å²) in [4.78, 5) is 15.9. The van der Waals surface area contributed by atoms with Gasteiger partial charge in [0.25, 0.3) is 0 Å². The van der Waals surface area contributed by atoms with E-state index in [1.165, 1.54) is 6.92 Å². The van der Waals surface area contributed by atoms with Gasteiger partial charge in [-0.05, 0) is 62.2 Å². The maximum atomic E-state index is 11.2. The molecule has 1 aromatic heterocycles. The van der Waals surface area contributed by atoms with Crippen LogP contribution in [0.5, 0.6) is 5.75 Å². The van der Waals surface area contributed by atoms with Crippen LogP contribution in [0.25, 0.3) is 11.3 Å². The van der Waals surface area contributed by atoms with E-state index in [-0.39, 0.29) is 5.91 Å². The van der Waals surface area contributed by atoms with E-state index in [1.54, 1.807) is 11.3 Å². The van der Waals surface area contributed by atoms with E-state index in [4.69, 9.17) is 9.72 Å². The molecule has 0 radical (unpaired) electrons. The standard InChI is InChI=1S/C21H23N3O2S/c1-5-26-20-10-13(2)18(9-14(20)3)19-12-27-21(24-19)23-17-8-6-7-16(11-17)22-15(4)25/h6-12H,5H2,1-4H3,(H,22,25)(H,23,24). The highest BCUT2D eigenvalue weighted by Crippen LogP contribution is 2.33. The molecular formula is C21H23N3O2S. The fourth-order valence-corrected chi connectivity index (χ4v) is 3.56. The maximum Gasteiger partial charge on any atom is 0.221 e. The normalized spacial score (nSPS) is 10.5. The van der Waals surface area contributed by atoms with Crippen LogP contribution in [-0.4, -0.2) is 17.5 Å². The Balaban J connectivity index is 1.81. The van der Waals surface area contributed by atoms with Gasteiger partial charge < -0.3 is 15.4 Å². The van der Waals surface area contributed by atoms with E-state index < -0.39 is 0 Å². The number of aryl methyl sites for hydroxylation is 2. The lowest BCUT2D eigenvalue weighted by atomic mass is 10.0. The average Bonchev–Trinajstić information content (AvgIpc) is 3.06. The molecule has 27 heavy (non-hydrogen) atoms. The second-order valence-electron chi connectivity index (χ2n) is 6.29. The first kappa shape index (κ1) is 18.9. The Labute approximate surface area is 163 Å². The van der Waals surface area contributed by atoms with Crippen LogP contribution in [0.4, 0.5) is 16.5 Å². The predicted octanol–water partition coefficient (Wildman–Crippen LogP) is 5.53. The van der Waals surface area contributed by atoms with Crippen molar-refractivity contribution in [3.05, 3.63) is 52.9 Å². The van der Waals surface area contributed by atoms with Gasteiger partial charge >= 0.3 is 0 Å². The minimum Gasteiger partial charge on any atom is -0.494 e. The minimum atomic E-state index is -0.0926. The summed E-state index contributed by atoms with van der Waals surface area (Å²) in [7, 11) is 0. The molecular weight excluding hydrogens is 358 g/mol. The Kier molecular flexibility index (Phi) is 5.76. The molecule has 0 aliphatic heterocycles. The van der Waals surface area contributed by atoms with E-state index in [0.29, 0.717) is 6.61 Å². The van der Waals surface area contributed by atoms with E-state index in [9.17, 15) is 4.79 Å². The first-order valence-electron chi connectivity index (χ1n) is 8.81. The summed E-state index contributed by atoms with van der Waals surface area (Å²) in [6.45, 7) is 8.26. The second-order valence-corrected chi connectivity index (χ2v) is 7.15. The van der Waals surface area contributed by atoms with Crippen LogP contribution in [0.1, 0.15) is 25.0 Å². The van der Waals surface area contributed by atoms with Gasteiger partial charge in [0.2, 0.25) is 5.91 Å². The van der Waals surface area contributed by atoms with Crippen LogP contribution < -0.4 is 15.4 Å². The highest BCUT2D eigenvalue weighted by molar-refractivity contribution is 7.14. The molecule has 1 heterocycles. The smallest absolute Gasteiger partial charge is 0.221 e. The van der Waals surface area contributed by atoms with Gasteiger partial charge in [-0.25, -0.2) is 4.98 Å². The highest BCUT2D eigenvalue weighted by Gasteiger charge is 2.11. The first-order valence-corrected chi connectivity index (χ1v) is 9.69. The Morgan fingerprint density at radius 2 is 1.93 bits per heavy atom. The van der Waals surface area contributed by atoms with Gasteiger partial charge in [-0.1, -0.05) is 6.07 Å². The van der Waals surface area contributed by atoms with Gasteiger partial charge in [-0.3, -0.25) is 4.79 Å². The minimum absolute atomic E-state index is 0.0926. The van der Waals surface area contributed by atoms with E-state index in [0.717, 1.165) is 44.6 Å². The zero-order valence-electron chi connectivity index (χ0n) is 15.9. The Morgan fingerprint density at radius 3 is 2.67 bits per heavy atom. The van der Waals surface area contributed by atoms with Crippen LogP contribution in [0, 0.1) is 13.8 Å². The third-order valence-corrected chi connectivity index (χ3v) is 4.79. The first-order chi connectivity index (χ1) is 13.0. The molecule has 0 unspecified atom stereocenters. The number of thiazole rings is 1. The summed E-state index contributed by atoms with van der Waals surface area (Å²) < 4.78 is 5.67. The number of ether oxygens (including phenoxy) is 1. The maximum absolute atomic E-state index is 11.2. The fraction of sp³-hybridized carbons (Fsp3) is 0.238. The van der Waals surface area contributed by atoms with E-state index >= 15 is 0 Å². The lowest BCUT2D eigenvalue weighted by Crippen LogP contribution is -2.05. The van der Waals surface area contributed by atoms with Crippen molar-refractivity contribution in [2.24, 2.45) is 0 Å². The number of rotatable bonds is 6. The molecule has 140 valence electrons. The Bertz CT molecular complexity index is 966. The van der Waals surface area contributed by atoms with Gasteiger partial charge in [0.15, 0.2) is 5.13 Å². The molecule has 3 rings (SSSR count). The van der Waals surface area contributed by atoms with Crippen molar-refractivity contribution in [2.75, 3.05) is 17.2 Å². The number of nitrogens with zero attached hydrogens (tertiary/aromatic N) is 1. The van der Waals surface area contributed by atoms with Crippen molar-refractivity contribution in [3.63, 3.8) is 0 Å². The van der Waals surface area contributed by atoms with E-state index in [1.807, 2.05) is 43.5 Å². The summed E-state index contributed by atoms with van der Waals surface area (Å²) >= 11 is 1.55. The van der Waals surface area contributed by atoms with Crippen LogP contribution >= 0.6 is 11.3 Å². The topological polar surface area (TPSA) is 63.2 Å². The molecule has 1 amide bonds. The average molecular weight is 382 g/mol. The SMILES string of the molecule is CCOc1cc(C)c(-c2csc(Nc3cccc(NC(C)=O)c3)n2)cc1C. The molecule has 6 heteroatoms. The van der Waals surface area contributed by atoms with Gasteiger partial charge in [0.05, 0.1) is 12.3 Å². The lowest BCUT2D eigenvalue weighted by molar-refractivity contribution is -0.114. The van der Waals surface area contributed by atoms with Crippen molar-refractivity contribution in [1.29, 1.82) is 0 Å². The largest absolute Gasteiger partial charge is 0.494 e. The van der Waals surface area contributed by atoms with Crippen molar-refractivity contribution < 1.29 is 9.53 Å². The third kappa shape index (κ3) is 4.65. The van der Waals surface area contributed by atoms with Crippen LogP contribution in [0.3, 0.4) is 0 Å². The molecule has 0 spiro atoms. The number of nitrogens with one attached hydrogen (secondary N) is 2. The molecule has 3 aromatic rings. The molecule has 2 N–H and O–H groups in total. The van der Waals surface area contributed by atoms with Crippen molar-refractivity contribution in [2.45, 2.75) is 27.7 Å². The summed E-state index contributed by atoms with van der Waals surface area (Å²) in [5.41, 5.74) is 5.90. The summed E-state index contributed by atoms with van der Waals surface area (Å²) in [5, 5.41) is 8.93. The number of amides is 1. The van der Waals surface area contributed by atoms with Crippen molar-refractivity contribution >= 4 is 33.8 Å². The molecule has 0 saturated carbocycles.